The fraction of sp³-hybridized carbons (Fsp3) is 0.552. The van der Waals surface area contributed by atoms with Crippen molar-refractivity contribution in [2.45, 2.75) is 71.2 Å². The molecule has 3 N–H and O–H groups in total. The Morgan fingerprint density at radius 3 is 2.46 bits per heavy atom. The van der Waals surface area contributed by atoms with Crippen molar-refractivity contribution in [2.24, 2.45) is 4.99 Å². The van der Waals surface area contributed by atoms with E-state index in [1.807, 2.05) is 18.3 Å². The summed E-state index contributed by atoms with van der Waals surface area (Å²) in [5, 5.41) is 0.0982. The highest BCUT2D eigenvalue weighted by molar-refractivity contribution is 7.85. The normalized spacial score (nSPS) is 16.2. The van der Waals surface area contributed by atoms with Crippen LogP contribution < -0.4 is 0 Å². The summed E-state index contributed by atoms with van der Waals surface area (Å²) >= 11 is 0. The molecule has 0 unspecified atom stereocenters. The minimum atomic E-state index is -4.01. The fourth-order valence-electron chi connectivity index (χ4n) is 4.22. The van der Waals surface area contributed by atoms with Gasteiger partial charge >= 0.3 is 0 Å². The Labute approximate surface area is 235 Å². The minimum Gasteiger partial charge on any atom is -0.411 e. The molecule has 2 aromatic rings. The number of rotatable bonds is 13. The van der Waals surface area contributed by atoms with Gasteiger partial charge in [0.1, 0.15) is 0 Å². The van der Waals surface area contributed by atoms with Crippen molar-refractivity contribution in [3.05, 3.63) is 64.4 Å². The van der Waals surface area contributed by atoms with Crippen LogP contribution >= 0.6 is 0 Å². The molecule has 39 heavy (non-hydrogen) atoms. The number of aryl methyl sites for hydroxylation is 1. The zero-order valence-electron chi connectivity index (χ0n) is 24.9. The van der Waals surface area contributed by atoms with Gasteiger partial charge < -0.3 is 18.9 Å². The Balaban J connectivity index is 1.92. The van der Waals surface area contributed by atoms with Crippen molar-refractivity contribution in [1.82, 2.24) is 9.97 Å². The number of nitrogens with zero attached hydrogens (tertiary/aromatic N) is 2. The summed E-state index contributed by atoms with van der Waals surface area (Å²) in [6, 6.07) is 6.05. The second kappa shape index (κ2) is 12.1. The van der Waals surface area contributed by atoms with Crippen LogP contribution in [0.15, 0.2) is 46.7 Å². The van der Waals surface area contributed by atoms with E-state index in [2.05, 4.69) is 83.2 Å². The number of hydrogen-bond donors (Lipinski definition) is 3. The van der Waals surface area contributed by atoms with Crippen LogP contribution in [0.5, 0.6) is 0 Å². The number of aliphatic imine (C=N–C) groups is 1. The van der Waals surface area contributed by atoms with Crippen LogP contribution in [0.4, 0.5) is 0 Å². The predicted octanol–water partition coefficient (Wildman–Crippen LogP) is 5.94. The van der Waals surface area contributed by atoms with Crippen LogP contribution in [0, 0.1) is 0 Å². The van der Waals surface area contributed by atoms with E-state index in [-0.39, 0.29) is 10.8 Å². The first-order chi connectivity index (χ1) is 17.9. The number of nitrogens with one attached hydrogen (secondary N) is 2. The summed E-state index contributed by atoms with van der Waals surface area (Å²) in [7, 11) is 0.641. The molecule has 0 bridgehead atoms. The molecule has 10 heteroatoms. The van der Waals surface area contributed by atoms with Crippen LogP contribution in [0.25, 0.3) is 6.08 Å². The highest BCUT2D eigenvalue weighted by Gasteiger charge is 2.37. The van der Waals surface area contributed by atoms with E-state index in [4.69, 9.17) is 9.42 Å². The number of allylic oxidation sites excluding steroid dienone is 2. The van der Waals surface area contributed by atoms with Gasteiger partial charge in [0.25, 0.3) is 10.1 Å². The van der Waals surface area contributed by atoms with Crippen LogP contribution in [0.2, 0.25) is 18.1 Å². The quantitative estimate of drug-likeness (QED) is 0.156. The lowest BCUT2D eigenvalue weighted by Gasteiger charge is -2.36. The van der Waals surface area contributed by atoms with E-state index in [0.29, 0.717) is 19.4 Å². The van der Waals surface area contributed by atoms with Gasteiger partial charge in [-0.1, -0.05) is 20.8 Å². The van der Waals surface area contributed by atoms with Gasteiger partial charge in [-0.05, 0) is 78.9 Å². The van der Waals surface area contributed by atoms with Gasteiger partial charge in [-0.2, -0.15) is 8.42 Å². The standard InChI is InChI=1S/C29H46N4O4SSi/c1-29(2,3)39(7,8)37-21-24-18-22(13-11-17-38(34,35)36)26(31-24)20-27-23(12-10-16-33(4,5)6)19-28(32-27)25-14-9-15-30-25/h9,14-15,18-20,30-31H,10-13,16-17,21H2,1-8H3/p+1/b27-20-. The molecule has 216 valence electrons. The first kappa shape index (κ1) is 31.3. The summed E-state index contributed by atoms with van der Waals surface area (Å²) < 4.78 is 39.3. The van der Waals surface area contributed by atoms with Crippen molar-refractivity contribution >= 4 is 30.2 Å². The molecule has 2 aromatic heterocycles. The SMILES string of the molecule is CC(C)(C)[Si](C)(C)OCc1cc(CCCS(=O)(=O)O)c(/C=C2\N=C(c3ccc[nH]3)C=C2CCC[N+](C)(C)C)[nH]1. The van der Waals surface area contributed by atoms with E-state index < -0.39 is 18.4 Å². The first-order valence-electron chi connectivity index (χ1n) is 13.7. The third-order valence-corrected chi connectivity index (χ3v) is 12.8. The van der Waals surface area contributed by atoms with Gasteiger partial charge in [0.05, 0.1) is 57.2 Å². The Kier molecular flexibility index (Phi) is 9.70. The van der Waals surface area contributed by atoms with Crippen molar-refractivity contribution in [3.63, 3.8) is 0 Å². The summed E-state index contributed by atoms with van der Waals surface area (Å²) in [6.45, 7) is 12.6. The van der Waals surface area contributed by atoms with Crippen LogP contribution in [0.1, 0.15) is 62.7 Å². The second-order valence-corrected chi connectivity index (χ2v) is 19.5. The van der Waals surface area contributed by atoms with Crippen molar-refractivity contribution < 1.29 is 21.9 Å². The molecule has 8 nitrogen and oxygen atoms in total. The van der Waals surface area contributed by atoms with Crippen LogP contribution in [-0.2, 0) is 27.6 Å². The Morgan fingerprint density at radius 1 is 1.15 bits per heavy atom. The molecule has 0 radical (unpaired) electrons. The zero-order chi connectivity index (χ0) is 29.1. The number of quaternary nitrogens is 1. The molecule has 0 amide bonds. The summed E-state index contributed by atoms with van der Waals surface area (Å²) in [6.07, 6.45) is 8.94. The molecule has 0 aromatic carbocycles. The van der Waals surface area contributed by atoms with Gasteiger partial charge in [0, 0.05) is 24.0 Å². The highest BCUT2D eigenvalue weighted by atomic mass is 32.2. The lowest BCUT2D eigenvalue weighted by atomic mass is 10.0. The van der Waals surface area contributed by atoms with Gasteiger partial charge in [-0.3, -0.25) is 4.55 Å². The van der Waals surface area contributed by atoms with Crippen LogP contribution in [0.3, 0.4) is 0 Å². The minimum absolute atomic E-state index is 0.0982. The molecular weight excluding hydrogens is 528 g/mol. The molecule has 0 fully saturated rings. The fourth-order valence-corrected chi connectivity index (χ4v) is 5.68. The average molecular weight is 576 g/mol. The molecule has 0 atom stereocenters. The van der Waals surface area contributed by atoms with E-state index in [9.17, 15) is 13.0 Å². The maximum atomic E-state index is 11.4. The van der Waals surface area contributed by atoms with E-state index >= 15 is 0 Å². The first-order valence-corrected chi connectivity index (χ1v) is 18.2. The molecule has 3 rings (SSSR count). The van der Waals surface area contributed by atoms with Crippen molar-refractivity contribution in [1.29, 1.82) is 0 Å². The summed E-state index contributed by atoms with van der Waals surface area (Å²) in [5.74, 6) is -0.269. The highest BCUT2D eigenvalue weighted by Crippen LogP contribution is 2.37. The van der Waals surface area contributed by atoms with Crippen molar-refractivity contribution in [2.75, 3.05) is 33.4 Å². The number of aromatic nitrogens is 2. The van der Waals surface area contributed by atoms with Gasteiger partial charge in [-0.25, -0.2) is 4.99 Å². The van der Waals surface area contributed by atoms with E-state index in [1.54, 1.807) is 0 Å². The molecule has 1 aliphatic rings. The second-order valence-electron chi connectivity index (χ2n) is 13.1. The molecule has 0 aliphatic carbocycles. The number of aromatic amines is 2. The Hall–Kier alpha value is -2.24. The van der Waals surface area contributed by atoms with E-state index in [1.165, 1.54) is 5.57 Å². The van der Waals surface area contributed by atoms with Gasteiger partial charge in [0.15, 0.2) is 8.32 Å². The Bertz CT molecular complexity index is 1320. The maximum Gasteiger partial charge on any atom is 0.264 e. The summed E-state index contributed by atoms with van der Waals surface area (Å²) in [5.41, 5.74) is 6.84. The van der Waals surface area contributed by atoms with Gasteiger partial charge in [0.2, 0.25) is 0 Å². The molecule has 3 heterocycles. The predicted molar refractivity (Wildman–Crippen MR) is 163 cm³/mol. The average Bonchev–Trinajstić information content (AvgIpc) is 3.51. The smallest absolute Gasteiger partial charge is 0.264 e. The topological polar surface area (TPSA) is 108 Å². The van der Waals surface area contributed by atoms with Gasteiger partial charge in [-0.15, -0.1) is 0 Å². The van der Waals surface area contributed by atoms with Crippen molar-refractivity contribution in [3.8, 4) is 0 Å². The number of H-pyrrole nitrogens is 2. The maximum absolute atomic E-state index is 11.4. The summed E-state index contributed by atoms with van der Waals surface area (Å²) in [4.78, 5) is 11.8. The van der Waals surface area contributed by atoms with Crippen LogP contribution in [-0.4, -0.2) is 74.9 Å². The molecule has 0 spiro atoms. The van der Waals surface area contributed by atoms with E-state index in [0.717, 1.165) is 57.9 Å². The molecular formula is C29H47N4O4SSi+. The molecule has 0 saturated heterocycles. The largest absolute Gasteiger partial charge is 0.411 e. The molecule has 0 saturated carbocycles. The molecule has 1 aliphatic heterocycles. The lowest BCUT2D eigenvalue weighted by Crippen LogP contribution is -2.40. The zero-order valence-corrected chi connectivity index (χ0v) is 26.7. The third-order valence-electron chi connectivity index (χ3n) is 7.54. The Morgan fingerprint density at radius 2 is 1.87 bits per heavy atom. The third kappa shape index (κ3) is 9.42. The lowest BCUT2D eigenvalue weighted by molar-refractivity contribution is -0.870. The monoisotopic (exact) mass is 575 g/mol. The number of hydrogen-bond acceptors (Lipinski definition) is 4.